The zero-order chi connectivity index (χ0) is 28.6. The second-order valence-corrected chi connectivity index (χ2v) is 8.15. The number of hydrogen-bond donors (Lipinski definition) is 2. The molecule has 2 aromatic rings. The fourth-order valence-corrected chi connectivity index (χ4v) is 3.13. The number of carbonyl (C=O) groups is 6. The minimum atomic E-state index is -0.548. The molecule has 0 radical (unpaired) electrons. The fraction of sp³-hybridized carbons (Fsp3) is 0.143. The van der Waals surface area contributed by atoms with E-state index in [2.05, 4.69) is 36.9 Å². The lowest BCUT2D eigenvalue weighted by Crippen LogP contribution is -2.19. The quantitative estimate of drug-likeness (QED) is 0.336. The molecule has 0 saturated carbocycles. The maximum atomic E-state index is 11.7. The largest absolute Gasteiger partial charge is 0.458 e. The lowest BCUT2D eigenvalue weighted by atomic mass is 10.1. The Morgan fingerprint density at radius 2 is 0.947 bits per heavy atom. The summed E-state index contributed by atoms with van der Waals surface area (Å²) in [6.45, 7) is 17.0. The Balaban J connectivity index is 0.000000251. The van der Waals surface area contributed by atoms with E-state index in [4.69, 9.17) is 9.47 Å². The first-order chi connectivity index (χ1) is 18.0. The summed E-state index contributed by atoms with van der Waals surface area (Å²) in [5, 5.41) is 4.31. The van der Waals surface area contributed by atoms with E-state index in [-0.39, 0.29) is 46.6 Å². The van der Waals surface area contributed by atoms with E-state index >= 15 is 0 Å². The maximum Gasteiger partial charge on any atom is 0.338 e. The van der Waals surface area contributed by atoms with Gasteiger partial charge in [-0.25, -0.2) is 9.59 Å². The highest BCUT2D eigenvalue weighted by molar-refractivity contribution is 6.22. The van der Waals surface area contributed by atoms with Gasteiger partial charge in [-0.2, -0.15) is 0 Å². The number of amides is 4. The van der Waals surface area contributed by atoms with Crippen LogP contribution in [0.25, 0.3) is 0 Å². The van der Waals surface area contributed by atoms with Crippen LogP contribution in [0.4, 0.5) is 0 Å². The molecule has 0 bridgehead atoms. The Labute approximate surface area is 219 Å². The zero-order valence-electron chi connectivity index (χ0n) is 21.0. The zero-order valence-corrected chi connectivity index (χ0v) is 21.0. The van der Waals surface area contributed by atoms with E-state index < -0.39 is 35.6 Å². The SMILES string of the molecule is C=C.C=C(C)COC(=O)c1ccc2c(c1)C(=O)NC2=O.C=C(C)COC(=O)c1ccc2c(c1)C(=O)NC2=O. The molecular formula is C28H26N2O8. The molecule has 10 nitrogen and oxygen atoms in total. The van der Waals surface area contributed by atoms with Gasteiger partial charge in [-0.1, -0.05) is 13.2 Å². The predicted molar refractivity (Wildman–Crippen MR) is 138 cm³/mol. The van der Waals surface area contributed by atoms with Gasteiger partial charge in [-0.05, 0) is 61.4 Å². The Hall–Kier alpha value is -5.12. The Morgan fingerprint density at radius 1 is 0.632 bits per heavy atom. The van der Waals surface area contributed by atoms with Crippen molar-refractivity contribution in [2.24, 2.45) is 0 Å². The molecule has 2 N–H and O–H groups in total. The van der Waals surface area contributed by atoms with Crippen molar-refractivity contribution in [2.45, 2.75) is 13.8 Å². The maximum absolute atomic E-state index is 11.7. The lowest BCUT2D eigenvalue weighted by Gasteiger charge is -2.04. The second-order valence-electron chi connectivity index (χ2n) is 8.15. The first-order valence-corrected chi connectivity index (χ1v) is 11.1. The smallest absolute Gasteiger partial charge is 0.338 e. The molecule has 0 saturated heterocycles. The minimum absolute atomic E-state index is 0.126. The van der Waals surface area contributed by atoms with Gasteiger partial charge in [0, 0.05) is 0 Å². The van der Waals surface area contributed by atoms with E-state index in [1.165, 1.54) is 36.4 Å². The number of carbonyl (C=O) groups excluding carboxylic acids is 6. The topological polar surface area (TPSA) is 145 Å². The van der Waals surface area contributed by atoms with E-state index in [1.807, 2.05) is 0 Å². The highest BCUT2D eigenvalue weighted by Gasteiger charge is 2.28. The van der Waals surface area contributed by atoms with Gasteiger partial charge in [0.2, 0.25) is 0 Å². The number of ether oxygens (including phenoxy) is 2. The molecule has 0 aromatic heterocycles. The van der Waals surface area contributed by atoms with E-state index in [0.717, 1.165) is 11.1 Å². The first-order valence-electron chi connectivity index (χ1n) is 11.1. The molecule has 0 unspecified atom stereocenters. The number of hydrogen-bond acceptors (Lipinski definition) is 8. The second kappa shape index (κ2) is 12.7. The van der Waals surface area contributed by atoms with Crippen LogP contribution in [0.2, 0.25) is 0 Å². The molecule has 2 aliphatic rings. The van der Waals surface area contributed by atoms with Crippen LogP contribution in [-0.2, 0) is 9.47 Å². The fourth-order valence-electron chi connectivity index (χ4n) is 3.13. The van der Waals surface area contributed by atoms with Gasteiger partial charge in [0.25, 0.3) is 23.6 Å². The molecule has 2 aliphatic heterocycles. The molecule has 38 heavy (non-hydrogen) atoms. The van der Waals surface area contributed by atoms with Gasteiger partial charge in [0.1, 0.15) is 13.2 Å². The minimum Gasteiger partial charge on any atom is -0.458 e. The van der Waals surface area contributed by atoms with E-state index in [0.29, 0.717) is 0 Å². The Kier molecular flexibility index (Phi) is 9.75. The number of rotatable bonds is 6. The van der Waals surface area contributed by atoms with Crippen molar-refractivity contribution in [3.05, 3.63) is 107 Å². The summed E-state index contributed by atoms with van der Waals surface area (Å²) < 4.78 is 9.91. The van der Waals surface area contributed by atoms with Gasteiger partial charge in [0.15, 0.2) is 0 Å². The molecule has 196 valence electrons. The van der Waals surface area contributed by atoms with E-state index in [9.17, 15) is 28.8 Å². The van der Waals surface area contributed by atoms with Crippen LogP contribution in [0.3, 0.4) is 0 Å². The lowest BCUT2D eigenvalue weighted by molar-refractivity contribution is 0.0531. The normalized spacial score (nSPS) is 12.4. The standard InChI is InChI=1S/2C13H11NO4.C2H4/c2*1-7(2)6-18-13(17)8-3-4-9-10(5-8)12(16)14-11(9)15;1-2/h2*3-5H,1,6H2,2H3,(H,14,15,16);1-2H2. The summed E-state index contributed by atoms with van der Waals surface area (Å²) in [5.41, 5.74) is 2.86. The molecule has 10 heteroatoms. The summed E-state index contributed by atoms with van der Waals surface area (Å²) in [6, 6.07) is 8.50. The van der Waals surface area contributed by atoms with Crippen molar-refractivity contribution in [3.63, 3.8) is 0 Å². The summed E-state index contributed by atoms with van der Waals surface area (Å²) >= 11 is 0. The highest BCUT2D eigenvalue weighted by Crippen LogP contribution is 2.19. The molecule has 0 spiro atoms. The van der Waals surface area contributed by atoms with Crippen molar-refractivity contribution >= 4 is 35.6 Å². The number of esters is 2. The molecule has 2 aromatic carbocycles. The van der Waals surface area contributed by atoms with Crippen molar-refractivity contribution in [1.29, 1.82) is 0 Å². The summed E-state index contributed by atoms with van der Waals surface area (Å²) in [4.78, 5) is 68.8. The third-order valence-corrected chi connectivity index (χ3v) is 4.84. The van der Waals surface area contributed by atoms with Crippen LogP contribution in [-0.4, -0.2) is 48.8 Å². The van der Waals surface area contributed by atoms with Crippen LogP contribution in [0, 0.1) is 0 Å². The van der Waals surface area contributed by atoms with Gasteiger partial charge < -0.3 is 9.47 Å². The van der Waals surface area contributed by atoms with Crippen LogP contribution in [0.5, 0.6) is 0 Å². The van der Waals surface area contributed by atoms with Gasteiger partial charge in [-0.3, -0.25) is 29.8 Å². The average Bonchev–Trinajstić information content (AvgIpc) is 3.35. The third kappa shape index (κ3) is 6.97. The molecule has 4 rings (SSSR count). The van der Waals surface area contributed by atoms with Crippen LogP contribution < -0.4 is 10.6 Å². The van der Waals surface area contributed by atoms with Crippen molar-refractivity contribution in [3.8, 4) is 0 Å². The van der Waals surface area contributed by atoms with Crippen LogP contribution in [0.15, 0.2) is 73.9 Å². The van der Waals surface area contributed by atoms with Gasteiger partial charge in [-0.15, -0.1) is 13.2 Å². The predicted octanol–water partition coefficient (Wildman–Crippen LogP) is 3.41. The molecule has 4 amide bonds. The number of nitrogens with one attached hydrogen (secondary N) is 2. The third-order valence-electron chi connectivity index (χ3n) is 4.84. The molecule has 0 aliphatic carbocycles. The average molecular weight is 519 g/mol. The van der Waals surface area contributed by atoms with Crippen LogP contribution in [0.1, 0.15) is 76.0 Å². The summed E-state index contributed by atoms with van der Waals surface area (Å²) in [7, 11) is 0. The van der Waals surface area contributed by atoms with Crippen molar-refractivity contribution in [2.75, 3.05) is 13.2 Å². The summed E-state index contributed by atoms with van der Waals surface area (Å²) in [5.74, 6) is -2.98. The molecule has 2 heterocycles. The Morgan fingerprint density at radius 3 is 1.26 bits per heavy atom. The van der Waals surface area contributed by atoms with Crippen molar-refractivity contribution in [1.82, 2.24) is 10.6 Å². The monoisotopic (exact) mass is 518 g/mol. The first kappa shape index (κ1) is 29.1. The van der Waals surface area contributed by atoms with Crippen LogP contribution >= 0.6 is 0 Å². The molecule has 0 atom stereocenters. The summed E-state index contributed by atoms with van der Waals surface area (Å²) in [6.07, 6.45) is 0. The number of benzene rings is 2. The van der Waals surface area contributed by atoms with Gasteiger partial charge >= 0.3 is 11.9 Å². The highest BCUT2D eigenvalue weighted by atomic mass is 16.5. The van der Waals surface area contributed by atoms with Gasteiger partial charge in [0.05, 0.1) is 33.4 Å². The van der Waals surface area contributed by atoms with Crippen molar-refractivity contribution < 1.29 is 38.2 Å². The molecular weight excluding hydrogens is 492 g/mol. The molecule has 0 fully saturated rings. The number of imide groups is 2. The Bertz CT molecular complexity index is 1270. The van der Waals surface area contributed by atoms with E-state index in [1.54, 1.807) is 13.8 Å². The number of fused-ring (bicyclic) bond motifs is 2.